The van der Waals surface area contributed by atoms with E-state index >= 15 is 0 Å². The van der Waals surface area contributed by atoms with Crippen LogP contribution in [0.1, 0.15) is 53.9 Å². The first-order valence-corrected chi connectivity index (χ1v) is 6.15. The molecule has 0 bridgehead atoms. The second-order valence-corrected chi connectivity index (χ2v) is 5.87. The lowest BCUT2D eigenvalue weighted by molar-refractivity contribution is -0.115. The number of carbonyl (C=O) groups is 1. The Morgan fingerprint density at radius 1 is 1.25 bits per heavy atom. The number of rotatable bonds is 6. The predicted octanol–water partition coefficient (Wildman–Crippen LogP) is 3.31. The zero-order valence-electron chi connectivity index (χ0n) is 11.5. The van der Waals surface area contributed by atoms with E-state index in [1.807, 2.05) is 13.8 Å². The van der Waals surface area contributed by atoms with E-state index in [2.05, 4.69) is 20.8 Å². The molecule has 2 nitrogen and oxygen atoms in total. The Morgan fingerprint density at radius 3 is 2.19 bits per heavy atom. The summed E-state index contributed by atoms with van der Waals surface area (Å²) in [5, 5.41) is 0. The van der Waals surface area contributed by atoms with Gasteiger partial charge in [-0.2, -0.15) is 0 Å². The van der Waals surface area contributed by atoms with Crippen LogP contribution in [0.2, 0.25) is 0 Å². The van der Waals surface area contributed by atoms with Gasteiger partial charge in [-0.3, -0.25) is 4.79 Å². The lowest BCUT2D eigenvalue weighted by Crippen LogP contribution is -2.24. The van der Waals surface area contributed by atoms with Crippen molar-refractivity contribution >= 4 is 5.78 Å². The van der Waals surface area contributed by atoms with Gasteiger partial charge in [0.05, 0.1) is 0 Å². The molecule has 0 saturated heterocycles. The normalized spacial score (nSPS) is 13.4. The molecular weight excluding hydrogens is 198 g/mol. The number of ketones is 1. The fourth-order valence-corrected chi connectivity index (χ4v) is 1.92. The highest BCUT2D eigenvalue weighted by Gasteiger charge is 2.23. The molecule has 0 radical (unpaired) electrons. The number of hydrogen-bond donors (Lipinski definition) is 1. The lowest BCUT2D eigenvalue weighted by atomic mass is 9.76. The van der Waals surface area contributed by atoms with Gasteiger partial charge in [0.15, 0.2) is 5.78 Å². The van der Waals surface area contributed by atoms with Gasteiger partial charge in [0, 0.05) is 6.42 Å². The summed E-state index contributed by atoms with van der Waals surface area (Å²) in [6, 6.07) is 0. The molecule has 0 fully saturated rings. The molecule has 0 aromatic heterocycles. The van der Waals surface area contributed by atoms with Gasteiger partial charge in [0.25, 0.3) is 0 Å². The van der Waals surface area contributed by atoms with Gasteiger partial charge in [-0.1, -0.05) is 26.3 Å². The fourth-order valence-electron chi connectivity index (χ4n) is 1.92. The van der Waals surface area contributed by atoms with E-state index in [0.717, 1.165) is 18.4 Å². The Balaban J connectivity index is 4.23. The third kappa shape index (κ3) is 6.78. The third-order valence-corrected chi connectivity index (χ3v) is 2.93. The highest BCUT2D eigenvalue weighted by atomic mass is 16.1. The Kier molecular flexibility index (Phi) is 6.58. The van der Waals surface area contributed by atoms with E-state index in [4.69, 9.17) is 5.73 Å². The molecule has 0 aliphatic heterocycles. The standard InChI is InChI=1S/C14H27NO/c1-11(2)10-13(16)7-6-12(8-9-15)14(3,4)5/h10,12H,6-9,15H2,1-5H3. The summed E-state index contributed by atoms with van der Waals surface area (Å²) < 4.78 is 0. The Hall–Kier alpha value is -0.630. The first-order chi connectivity index (χ1) is 7.27. The van der Waals surface area contributed by atoms with Crippen LogP contribution in [0.4, 0.5) is 0 Å². The van der Waals surface area contributed by atoms with Crippen LogP contribution in [0.5, 0.6) is 0 Å². The third-order valence-electron chi connectivity index (χ3n) is 2.93. The van der Waals surface area contributed by atoms with Crippen LogP contribution >= 0.6 is 0 Å². The van der Waals surface area contributed by atoms with E-state index in [1.54, 1.807) is 6.08 Å². The highest BCUT2D eigenvalue weighted by Crippen LogP contribution is 2.32. The predicted molar refractivity (Wildman–Crippen MR) is 70.3 cm³/mol. The zero-order valence-corrected chi connectivity index (χ0v) is 11.5. The smallest absolute Gasteiger partial charge is 0.155 e. The second-order valence-electron chi connectivity index (χ2n) is 5.87. The average molecular weight is 225 g/mol. The van der Waals surface area contributed by atoms with Gasteiger partial charge in [0.2, 0.25) is 0 Å². The summed E-state index contributed by atoms with van der Waals surface area (Å²) in [6.07, 6.45) is 4.34. The molecule has 0 aliphatic rings. The van der Waals surface area contributed by atoms with Crippen molar-refractivity contribution in [3.8, 4) is 0 Å². The van der Waals surface area contributed by atoms with Crippen molar-refractivity contribution in [3.05, 3.63) is 11.6 Å². The summed E-state index contributed by atoms with van der Waals surface area (Å²) in [5.74, 6) is 0.776. The van der Waals surface area contributed by atoms with E-state index in [9.17, 15) is 4.79 Å². The monoisotopic (exact) mass is 225 g/mol. The molecule has 0 saturated carbocycles. The van der Waals surface area contributed by atoms with Crippen molar-refractivity contribution in [1.82, 2.24) is 0 Å². The van der Waals surface area contributed by atoms with Gasteiger partial charge in [0.1, 0.15) is 0 Å². The second kappa shape index (κ2) is 6.85. The van der Waals surface area contributed by atoms with Crippen LogP contribution in [0.3, 0.4) is 0 Å². The minimum atomic E-state index is 0.241. The van der Waals surface area contributed by atoms with Crippen LogP contribution in [0.15, 0.2) is 11.6 Å². The van der Waals surface area contributed by atoms with Crippen LogP contribution < -0.4 is 5.73 Å². The van der Waals surface area contributed by atoms with Crippen LogP contribution in [-0.4, -0.2) is 12.3 Å². The molecule has 0 spiro atoms. The molecule has 1 unspecified atom stereocenters. The van der Waals surface area contributed by atoms with Crippen molar-refractivity contribution in [3.63, 3.8) is 0 Å². The minimum Gasteiger partial charge on any atom is -0.330 e. The summed E-state index contributed by atoms with van der Waals surface area (Å²) in [7, 11) is 0. The minimum absolute atomic E-state index is 0.241. The molecule has 0 heterocycles. The number of carbonyl (C=O) groups excluding carboxylic acids is 1. The maximum absolute atomic E-state index is 11.6. The van der Waals surface area contributed by atoms with E-state index in [-0.39, 0.29) is 11.2 Å². The molecule has 0 rings (SSSR count). The summed E-state index contributed by atoms with van der Waals surface area (Å²) in [4.78, 5) is 11.6. The Bertz CT molecular complexity index is 244. The molecule has 0 amide bonds. The van der Waals surface area contributed by atoms with E-state index in [1.165, 1.54) is 0 Å². The number of allylic oxidation sites excluding steroid dienone is 2. The zero-order chi connectivity index (χ0) is 12.8. The topological polar surface area (TPSA) is 43.1 Å². The maximum atomic E-state index is 11.6. The maximum Gasteiger partial charge on any atom is 0.155 e. The molecule has 94 valence electrons. The van der Waals surface area contributed by atoms with Gasteiger partial charge in [-0.15, -0.1) is 0 Å². The van der Waals surface area contributed by atoms with Crippen molar-refractivity contribution in [2.75, 3.05) is 6.54 Å². The van der Waals surface area contributed by atoms with E-state index < -0.39 is 0 Å². The SMILES string of the molecule is CC(C)=CC(=O)CCC(CCN)C(C)(C)C. The molecule has 1 atom stereocenters. The molecule has 2 N–H and O–H groups in total. The number of hydrogen-bond acceptors (Lipinski definition) is 2. The largest absolute Gasteiger partial charge is 0.330 e. The van der Waals surface area contributed by atoms with Crippen molar-refractivity contribution in [1.29, 1.82) is 0 Å². The van der Waals surface area contributed by atoms with Crippen molar-refractivity contribution < 1.29 is 4.79 Å². The summed E-state index contributed by atoms with van der Waals surface area (Å²) in [6.45, 7) is 11.3. The van der Waals surface area contributed by atoms with E-state index in [0.29, 0.717) is 18.9 Å². The number of nitrogens with two attached hydrogens (primary N) is 1. The fraction of sp³-hybridized carbons (Fsp3) is 0.786. The first kappa shape index (κ1) is 15.4. The first-order valence-electron chi connectivity index (χ1n) is 6.15. The van der Waals surface area contributed by atoms with Crippen LogP contribution in [0, 0.1) is 11.3 Å². The molecule has 16 heavy (non-hydrogen) atoms. The Morgan fingerprint density at radius 2 is 1.81 bits per heavy atom. The quantitative estimate of drug-likeness (QED) is 0.705. The highest BCUT2D eigenvalue weighted by molar-refractivity contribution is 5.90. The van der Waals surface area contributed by atoms with Gasteiger partial charge >= 0.3 is 0 Å². The average Bonchev–Trinajstić information content (AvgIpc) is 2.08. The van der Waals surface area contributed by atoms with Gasteiger partial charge in [-0.05, 0) is 50.6 Å². The van der Waals surface area contributed by atoms with Gasteiger partial charge in [-0.25, -0.2) is 0 Å². The summed E-state index contributed by atoms with van der Waals surface area (Å²) >= 11 is 0. The molecule has 0 aromatic rings. The van der Waals surface area contributed by atoms with Crippen LogP contribution in [-0.2, 0) is 4.79 Å². The van der Waals surface area contributed by atoms with Crippen molar-refractivity contribution in [2.45, 2.75) is 53.9 Å². The molecule has 0 aliphatic carbocycles. The van der Waals surface area contributed by atoms with Gasteiger partial charge < -0.3 is 5.73 Å². The summed E-state index contributed by atoms with van der Waals surface area (Å²) in [5.41, 5.74) is 6.94. The molecular formula is C14H27NO. The van der Waals surface area contributed by atoms with Crippen LogP contribution in [0.25, 0.3) is 0 Å². The Labute approximate surface area is 100 Å². The van der Waals surface area contributed by atoms with Crippen molar-refractivity contribution in [2.24, 2.45) is 17.1 Å². The lowest BCUT2D eigenvalue weighted by Gasteiger charge is -2.30. The molecule has 0 aromatic carbocycles. The molecule has 2 heteroatoms.